The lowest BCUT2D eigenvalue weighted by molar-refractivity contribution is 0.490. The maximum atomic E-state index is 12.5. The minimum Gasteiger partial charge on any atom is -0.427 e. The normalized spacial score (nSPS) is 24.1. The molecule has 1 heterocycles. The third kappa shape index (κ3) is 1.55. The molecule has 15 heavy (non-hydrogen) atoms. The molecular formula is C11H16NO2P. The smallest absolute Gasteiger partial charge is 0.343 e. The van der Waals surface area contributed by atoms with Gasteiger partial charge in [0, 0.05) is 6.04 Å². The topological polar surface area (TPSA) is 29.5 Å². The summed E-state index contributed by atoms with van der Waals surface area (Å²) in [5, 5.41) is 0. The van der Waals surface area contributed by atoms with Crippen molar-refractivity contribution in [1.29, 1.82) is 0 Å². The van der Waals surface area contributed by atoms with Crippen LogP contribution in [-0.2, 0) is 4.57 Å². The van der Waals surface area contributed by atoms with Crippen molar-refractivity contribution in [2.75, 3.05) is 10.8 Å². The van der Waals surface area contributed by atoms with Crippen LogP contribution < -0.4 is 9.19 Å². The molecule has 0 amide bonds. The van der Waals surface area contributed by atoms with Crippen molar-refractivity contribution in [2.24, 2.45) is 0 Å². The molecule has 0 bridgehead atoms. The lowest BCUT2D eigenvalue weighted by Gasteiger charge is -2.27. The van der Waals surface area contributed by atoms with Crippen LogP contribution >= 0.6 is 7.52 Å². The Labute approximate surface area is 90.6 Å². The predicted octanol–water partition coefficient (Wildman–Crippen LogP) is 3.51. The number of para-hydroxylation sites is 2. The number of benzene rings is 1. The first-order valence-electron chi connectivity index (χ1n) is 5.26. The van der Waals surface area contributed by atoms with Crippen LogP contribution in [0.4, 0.5) is 5.69 Å². The summed E-state index contributed by atoms with van der Waals surface area (Å²) in [7, 11) is -2.67. The lowest BCUT2D eigenvalue weighted by Crippen LogP contribution is -2.26. The number of hydrogen-bond acceptors (Lipinski definition) is 2. The molecule has 3 nitrogen and oxygen atoms in total. The lowest BCUT2D eigenvalue weighted by atomic mass is 10.2. The Balaban J connectivity index is 2.52. The molecule has 82 valence electrons. The maximum absolute atomic E-state index is 12.5. The molecule has 4 heteroatoms. The van der Waals surface area contributed by atoms with Crippen molar-refractivity contribution in [1.82, 2.24) is 0 Å². The number of nitrogens with zero attached hydrogens (tertiary/aromatic N) is 1. The Hall–Kier alpha value is -0.950. The monoisotopic (exact) mass is 225 g/mol. The van der Waals surface area contributed by atoms with Crippen molar-refractivity contribution in [2.45, 2.75) is 26.8 Å². The van der Waals surface area contributed by atoms with Crippen molar-refractivity contribution < 1.29 is 9.09 Å². The van der Waals surface area contributed by atoms with E-state index < -0.39 is 7.52 Å². The van der Waals surface area contributed by atoms with Crippen LogP contribution in [0, 0.1) is 0 Å². The average molecular weight is 225 g/mol. The van der Waals surface area contributed by atoms with E-state index in [1.807, 2.05) is 49.7 Å². The van der Waals surface area contributed by atoms with E-state index in [1.165, 1.54) is 0 Å². The second kappa shape index (κ2) is 3.57. The molecule has 1 aromatic rings. The Morgan fingerprint density at radius 2 is 2.07 bits per heavy atom. The number of hydrogen-bond donors (Lipinski definition) is 0. The fraction of sp³-hybridized carbons (Fsp3) is 0.455. The first-order chi connectivity index (χ1) is 7.08. The number of rotatable bonds is 2. The zero-order chi connectivity index (χ0) is 11.1. The molecule has 0 N–H and O–H groups in total. The van der Waals surface area contributed by atoms with Crippen LogP contribution in [0.2, 0.25) is 0 Å². The standard InChI is InChI=1S/C11H16NO2P/c1-4-15(13)12(9(2)3)10-7-5-6-8-11(10)14-15/h5-9H,4H2,1-3H3. The van der Waals surface area contributed by atoms with E-state index in [0.717, 1.165) is 11.4 Å². The van der Waals surface area contributed by atoms with E-state index >= 15 is 0 Å². The fourth-order valence-electron chi connectivity index (χ4n) is 1.93. The van der Waals surface area contributed by atoms with Gasteiger partial charge in [-0.1, -0.05) is 19.1 Å². The summed E-state index contributed by atoms with van der Waals surface area (Å²) in [4.78, 5) is 0. The van der Waals surface area contributed by atoms with Gasteiger partial charge in [-0.3, -0.25) is 9.24 Å². The van der Waals surface area contributed by atoms with Gasteiger partial charge in [0.15, 0.2) is 5.75 Å². The fourth-order valence-corrected chi connectivity index (χ4v) is 4.11. The molecule has 0 radical (unpaired) electrons. The highest BCUT2D eigenvalue weighted by Gasteiger charge is 2.41. The summed E-state index contributed by atoms with van der Waals surface area (Å²) < 4.78 is 20.0. The van der Waals surface area contributed by atoms with Gasteiger partial charge < -0.3 is 4.52 Å². The highest BCUT2D eigenvalue weighted by Crippen LogP contribution is 2.62. The summed E-state index contributed by atoms with van der Waals surface area (Å²) >= 11 is 0. The molecule has 0 spiro atoms. The van der Waals surface area contributed by atoms with Gasteiger partial charge in [-0.05, 0) is 26.0 Å². The van der Waals surface area contributed by atoms with Crippen LogP contribution in [0.15, 0.2) is 24.3 Å². The Morgan fingerprint density at radius 3 is 2.67 bits per heavy atom. The maximum Gasteiger partial charge on any atom is 0.343 e. The minimum atomic E-state index is -2.67. The molecular weight excluding hydrogens is 209 g/mol. The Morgan fingerprint density at radius 1 is 1.40 bits per heavy atom. The van der Waals surface area contributed by atoms with E-state index in [0.29, 0.717) is 6.16 Å². The van der Waals surface area contributed by atoms with E-state index in [4.69, 9.17) is 4.52 Å². The van der Waals surface area contributed by atoms with Crippen molar-refractivity contribution in [3.8, 4) is 5.75 Å². The summed E-state index contributed by atoms with van der Waals surface area (Å²) in [6, 6.07) is 7.88. The van der Waals surface area contributed by atoms with E-state index in [9.17, 15) is 4.57 Å². The summed E-state index contributed by atoms with van der Waals surface area (Å²) in [5.74, 6) is 0.747. The van der Waals surface area contributed by atoms with Crippen LogP contribution in [0.3, 0.4) is 0 Å². The SMILES string of the molecule is CCP1(=O)Oc2ccccc2N1C(C)C. The summed E-state index contributed by atoms with van der Waals surface area (Å²) in [6.07, 6.45) is 0.542. The van der Waals surface area contributed by atoms with Crippen LogP contribution in [-0.4, -0.2) is 12.2 Å². The van der Waals surface area contributed by atoms with Gasteiger partial charge in [0.25, 0.3) is 0 Å². The molecule has 1 aromatic carbocycles. The third-order valence-corrected chi connectivity index (χ3v) is 5.19. The molecule has 2 rings (SSSR count). The molecule has 1 atom stereocenters. The van der Waals surface area contributed by atoms with E-state index in [-0.39, 0.29) is 6.04 Å². The molecule has 1 aliphatic heterocycles. The van der Waals surface area contributed by atoms with Gasteiger partial charge in [0.05, 0.1) is 11.8 Å². The number of anilines is 1. The van der Waals surface area contributed by atoms with Gasteiger partial charge in [-0.25, -0.2) is 0 Å². The Kier molecular flexibility index (Phi) is 2.51. The third-order valence-electron chi connectivity index (χ3n) is 2.57. The van der Waals surface area contributed by atoms with E-state index in [1.54, 1.807) is 0 Å². The van der Waals surface area contributed by atoms with Crippen molar-refractivity contribution >= 4 is 13.2 Å². The quantitative estimate of drug-likeness (QED) is 0.721. The van der Waals surface area contributed by atoms with Gasteiger partial charge >= 0.3 is 7.52 Å². The van der Waals surface area contributed by atoms with Gasteiger partial charge in [-0.2, -0.15) is 0 Å². The van der Waals surface area contributed by atoms with E-state index in [2.05, 4.69) is 0 Å². The van der Waals surface area contributed by atoms with Crippen LogP contribution in [0.1, 0.15) is 20.8 Å². The molecule has 1 aliphatic rings. The van der Waals surface area contributed by atoms with Crippen molar-refractivity contribution in [3.05, 3.63) is 24.3 Å². The molecule has 0 saturated heterocycles. The second-order valence-corrected chi connectivity index (χ2v) is 6.47. The van der Waals surface area contributed by atoms with Crippen LogP contribution in [0.25, 0.3) is 0 Å². The zero-order valence-electron chi connectivity index (χ0n) is 9.30. The largest absolute Gasteiger partial charge is 0.427 e. The number of fused-ring (bicyclic) bond motifs is 1. The van der Waals surface area contributed by atoms with Crippen LogP contribution in [0.5, 0.6) is 5.75 Å². The molecule has 0 saturated carbocycles. The Bertz CT molecular complexity index is 417. The highest BCUT2D eigenvalue weighted by molar-refractivity contribution is 7.61. The first-order valence-corrected chi connectivity index (χ1v) is 7.02. The van der Waals surface area contributed by atoms with Gasteiger partial charge in [0.1, 0.15) is 0 Å². The molecule has 1 unspecified atom stereocenters. The highest BCUT2D eigenvalue weighted by atomic mass is 31.2. The minimum absolute atomic E-state index is 0.194. The first kappa shape index (κ1) is 10.6. The molecule has 0 fully saturated rings. The summed E-state index contributed by atoms with van der Waals surface area (Å²) in [5.41, 5.74) is 0.956. The zero-order valence-corrected chi connectivity index (χ0v) is 10.2. The predicted molar refractivity (Wildman–Crippen MR) is 62.8 cm³/mol. The molecule has 0 aliphatic carbocycles. The average Bonchev–Trinajstić information content (AvgIpc) is 2.50. The second-order valence-electron chi connectivity index (χ2n) is 3.95. The summed E-state index contributed by atoms with van der Waals surface area (Å²) in [6.45, 7) is 5.98. The van der Waals surface area contributed by atoms with Gasteiger partial charge in [0.2, 0.25) is 0 Å². The van der Waals surface area contributed by atoms with Gasteiger partial charge in [-0.15, -0.1) is 0 Å². The molecule has 0 aromatic heterocycles. The van der Waals surface area contributed by atoms with Crippen molar-refractivity contribution in [3.63, 3.8) is 0 Å².